The molecule has 2 nitrogen and oxygen atoms in total. The van der Waals surface area contributed by atoms with Crippen molar-refractivity contribution in [2.75, 3.05) is 0 Å². The third-order valence-corrected chi connectivity index (χ3v) is 5.60. The first-order valence-electron chi connectivity index (χ1n) is 8.23. The molecule has 0 unspecified atom stereocenters. The number of carbonyl (C=O) groups excluding carboxylic acids is 1. The number of aryl methyl sites for hydroxylation is 2. The molecule has 3 aromatic rings. The average Bonchev–Trinajstić information content (AvgIpc) is 3.23. The zero-order valence-corrected chi connectivity index (χ0v) is 14.1. The monoisotopic (exact) mass is 334 g/mol. The third kappa shape index (κ3) is 3.13. The standard InChI is InChI=1S/C21H18O2S/c22-21(20-13-18-7-4-8-19(18)24-20)23-14-15-9-11-17(12-10-15)16-5-2-1-3-6-16/h1-3,5-6,9-13H,4,7-8,14H2. The lowest BCUT2D eigenvalue weighted by Gasteiger charge is -2.06. The molecule has 3 heteroatoms. The van der Waals surface area contributed by atoms with E-state index in [4.69, 9.17) is 4.74 Å². The molecule has 1 heterocycles. The molecule has 1 aliphatic rings. The molecule has 1 aromatic heterocycles. The highest BCUT2D eigenvalue weighted by molar-refractivity contribution is 7.14. The highest BCUT2D eigenvalue weighted by atomic mass is 32.1. The van der Waals surface area contributed by atoms with Crippen LogP contribution in [0.3, 0.4) is 0 Å². The van der Waals surface area contributed by atoms with E-state index in [1.54, 1.807) is 11.3 Å². The van der Waals surface area contributed by atoms with E-state index >= 15 is 0 Å². The van der Waals surface area contributed by atoms with Gasteiger partial charge in [-0.1, -0.05) is 54.6 Å². The van der Waals surface area contributed by atoms with Crippen molar-refractivity contribution in [3.8, 4) is 11.1 Å². The summed E-state index contributed by atoms with van der Waals surface area (Å²) in [5.74, 6) is -0.207. The van der Waals surface area contributed by atoms with Crippen LogP contribution in [0.5, 0.6) is 0 Å². The number of rotatable bonds is 4. The molecule has 0 bridgehead atoms. The Morgan fingerprint density at radius 3 is 2.46 bits per heavy atom. The van der Waals surface area contributed by atoms with Gasteiger partial charge in [0.2, 0.25) is 0 Å². The minimum atomic E-state index is -0.207. The van der Waals surface area contributed by atoms with Crippen molar-refractivity contribution < 1.29 is 9.53 Å². The summed E-state index contributed by atoms with van der Waals surface area (Å²) < 4.78 is 5.47. The quantitative estimate of drug-likeness (QED) is 0.608. The Morgan fingerprint density at radius 1 is 0.958 bits per heavy atom. The van der Waals surface area contributed by atoms with Crippen LogP contribution in [0, 0.1) is 0 Å². The van der Waals surface area contributed by atoms with E-state index < -0.39 is 0 Å². The Hall–Kier alpha value is -2.39. The Morgan fingerprint density at radius 2 is 1.71 bits per heavy atom. The Balaban J connectivity index is 1.39. The van der Waals surface area contributed by atoms with E-state index in [1.807, 2.05) is 36.4 Å². The van der Waals surface area contributed by atoms with Crippen molar-refractivity contribution in [2.24, 2.45) is 0 Å². The zero-order chi connectivity index (χ0) is 16.4. The number of hydrogen-bond donors (Lipinski definition) is 0. The maximum atomic E-state index is 12.2. The Labute approximate surface area is 145 Å². The number of ether oxygens (including phenoxy) is 1. The van der Waals surface area contributed by atoms with E-state index in [0.29, 0.717) is 6.61 Å². The SMILES string of the molecule is O=C(OCc1ccc(-c2ccccc2)cc1)c1cc2c(s1)CCC2. The lowest BCUT2D eigenvalue weighted by atomic mass is 10.0. The summed E-state index contributed by atoms with van der Waals surface area (Å²) in [7, 11) is 0. The predicted molar refractivity (Wildman–Crippen MR) is 97.3 cm³/mol. The first-order chi connectivity index (χ1) is 11.8. The fourth-order valence-electron chi connectivity index (χ4n) is 3.07. The van der Waals surface area contributed by atoms with Crippen LogP contribution >= 0.6 is 11.3 Å². The van der Waals surface area contributed by atoms with Crippen LogP contribution in [0.1, 0.15) is 32.1 Å². The van der Waals surface area contributed by atoms with Gasteiger partial charge in [0.05, 0.1) is 0 Å². The van der Waals surface area contributed by atoms with Gasteiger partial charge in [-0.15, -0.1) is 11.3 Å². The minimum absolute atomic E-state index is 0.207. The van der Waals surface area contributed by atoms with Gasteiger partial charge in [0, 0.05) is 4.88 Å². The van der Waals surface area contributed by atoms with Crippen molar-refractivity contribution >= 4 is 17.3 Å². The van der Waals surface area contributed by atoms with Gasteiger partial charge >= 0.3 is 5.97 Å². The van der Waals surface area contributed by atoms with E-state index in [1.165, 1.54) is 28.0 Å². The molecule has 2 aromatic carbocycles. The topological polar surface area (TPSA) is 26.3 Å². The number of fused-ring (bicyclic) bond motifs is 1. The second-order valence-electron chi connectivity index (χ2n) is 6.05. The summed E-state index contributed by atoms with van der Waals surface area (Å²) in [5.41, 5.74) is 4.70. The van der Waals surface area contributed by atoms with Gasteiger partial charge in [-0.3, -0.25) is 0 Å². The van der Waals surface area contributed by atoms with Gasteiger partial charge in [0.25, 0.3) is 0 Å². The molecule has 120 valence electrons. The molecule has 0 N–H and O–H groups in total. The third-order valence-electron chi connectivity index (χ3n) is 4.38. The summed E-state index contributed by atoms with van der Waals surface area (Å²) in [6, 6.07) is 20.4. The minimum Gasteiger partial charge on any atom is -0.457 e. The number of benzene rings is 2. The largest absolute Gasteiger partial charge is 0.457 e. The molecule has 4 rings (SSSR count). The molecular weight excluding hydrogens is 316 g/mol. The van der Waals surface area contributed by atoms with Crippen LogP contribution in [-0.2, 0) is 24.2 Å². The van der Waals surface area contributed by atoms with Crippen LogP contribution in [0.25, 0.3) is 11.1 Å². The summed E-state index contributed by atoms with van der Waals surface area (Å²) in [5, 5.41) is 0. The van der Waals surface area contributed by atoms with E-state index in [-0.39, 0.29) is 5.97 Å². The van der Waals surface area contributed by atoms with Gasteiger partial charge in [0.1, 0.15) is 11.5 Å². The van der Waals surface area contributed by atoms with Gasteiger partial charge in [-0.2, -0.15) is 0 Å². The van der Waals surface area contributed by atoms with Crippen LogP contribution in [0.2, 0.25) is 0 Å². The molecule has 0 spiro atoms. The average molecular weight is 334 g/mol. The maximum absolute atomic E-state index is 12.2. The Bertz CT molecular complexity index is 826. The molecular formula is C21H18O2S. The maximum Gasteiger partial charge on any atom is 0.348 e. The van der Waals surface area contributed by atoms with Gasteiger partial charge in [-0.25, -0.2) is 4.79 Å². The molecule has 0 saturated heterocycles. The van der Waals surface area contributed by atoms with Crippen molar-refractivity contribution in [2.45, 2.75) is 25.9 Å². The smallest absolute Gasteiger partial charge is 0.348 e. The molecule has 0 amide bonds. The van der Waals surface area contributed by atoms with Crippen LogP contribution < -0.4 is 0 Å². The zero-order valence-electron chi connectivity index (χ0n) is 13.3. The fourth-order valence-corrected chi connectivity index (χ4v) is 4.22. The highest BCUT2D eigenvalue weighted by Crippen LogP contribution is 2.31. The summed E-state index contributed by atoms with van der Waals surface area (Å²) in [4.78, 5) is 14.3. The molecule has 0 fully saturated rings. The lowest BCUT2D eigenvalue weighted by molar-refractivity contribution is 0.0478. The van der Waals surface area contributed by atoms with Gasteiger partial charge in [0.15, 0.2) is 0 Å². The van der Waals surface area contributed by atoms with Crippen molar-refractivity contribution in [1.82, 2.24) is 0 Å². The molecule has 24 heavy (non-hydrogen) atoms. The summed E-state index contributed by atoms with van der Waals surface area (Å²) >= 11 is 1.59. The molecule has 0 radical (unpaired) electrons. The number of hydrogen-bond acceptors (Lipinski definition) is 3. The van der Waals surface area contributed by atoms with E-state index in [0.717, 1.165) is 23.3 Å². The van der Waals surface area contributed by atoms with E-state index in [2.05, 4.69) is 24.3 Å². The number of thiophene rings is 1. The van der Waals surface area contributed by atoms with Gasteiger partial charge < -0.3 is 4.74 Å². The summed E-state index contributed by atoms with van der Waals surface area (Å²) in [6.07, 6.45) is 3.42. The second kappa shape index (κ2) is 6.62. The molecule has 0 saturated carbocycles. The first kappa shape index (κ1) is 15.2. The lowest BCUT2D eigenvalue weighted by Crippen LogP contribution is -2.03. The molecule has 0 aliphatic heterocycles. The predicted octanol–water partition coefficient (Wildman–Crippen LogP) is 5.26. The van der Waals surface area contributed by atoms with E-state index in [9.17, 15) is 4.79 Å². The second-order valence-corrected chi connectivity index (χ2v) is 7.19. The first-order valence-corrected chi connectivity index (χ1v) is 9.04. The van der Waals surface area contributed by atoms with Crippen molar-refractivity contribution in [1.29, 1.82) is 0 Å². The Kier molecular flexibility index (Phi) is 4.18. The van der Waals surface area contributed by atoms with Crippen LogP contribution in [-0.4, -0.2) is 5.97 Å². The highest BCUT2D eigenvalue weighted by Gasteiger charge is 2.19. The normalized spacial score (nSPS) is 12.8. The van der Waals surface area contributed by atoms with Crippen molar-refractivity contribution in [3.05, 3.63) is 81.5 Å². The molecule has 1 aliphatic carbocycles. The number of esters is 1. The van der Waals surface area contributed by atoms with Crippen LogP contribution in [0.15, 0.2) is 60.7 Å². The number of carbonyl (C=O) groups is 1. The van der Waals surface area contributed by atoms with Crippen molar-refractivity contribution in [3.63, 3.8) is 0 Å². The fraction of sp³-hybridized carbons (Fsp3) is 0.190. The molecule has 0 atom stereocenters. The summed E-state index contributed by atoms with van der Waals surface area (Å²) in [6.45, 7) is 0.316. The van der Waals surface area contributed by atoms with Crippen LogP contribution in [0.4, 0.5) is 0 Å². The van der Waals surface area contributed by atoms with Gasteiger partial charge in [-0.05, 0) is 47.6 Å².